The van der Waals surface area contributed by atoms with Crippen molar-refractivity contribution in [3.63, 3.8) is 0 Å². The Bertz CT molecular complexity index is 328. The maximum atomic E-state index is 10.1. The van der Waals surface area contributed by atoms with Crippen LogP contribution in [-0.4, -0.2) is 23.8 Å². The normalized spacial score (nSPS) is 12.2. The number of nitrogens with one attached hydrogen (secondary N) is 1. The first-order valence-corrected chi connectivity index (χ1v) is 6.35. The standard InChI is InChI=1S/C15H23NO/c1-3-15(17,4-2)13-16-12-8-11-14-9-6-5-7-10-14/h5-11,16-17H,3-4,12-13H2,1-2H3/b11-8+. The molecule has 0 amide bonds. The van der Waals surface area contributed by atoms with Crippen LogP contribution in [0, 0.1) is 0 Å². The summed E-state index contributed by atoms with van der Waals surface area (Å²) in [6.07, 6.45) is 5.75. The minimum absolute atomic E-state index is 0.555. The summed E-state index contributed by atoms with van der Waals surface area (Å²) in [5.74, 6) is 0. The Kier molecular flexibility index (Phi) is 5.95. The molecule has 0 unspecified atom stereocenters. The maximum absolute atomic E-state index is 10.1. The van der Waals surface area contributed by atoms with Crippen molar-refractivity contribution in [1.82, 2.24) is 5.32 Å². The van der Waals surface area contributed by atoms with Crippen molar-refractivity contribution in [2.75, 3.05) is 13.1 Å². The van der Waals surface area contributed by atoms with E-state index in [1.54, 1.807) is 0 Å². The highest BCUT2D eigenvalue weighted by Crippen LogP contribution is 2.12. The van der Waals surface area contributed by atoms with Crippen molar-refractivity contribution in [1.29, 1.82) is 0 Å². The van der Waals surface area contributed by atoms with Crippen molar-refractivity contribution < 1.29 is 5.11 Å². The molecular formula is C15H23NO. The number of hydrogen-bond acceptors (Lipinski definition) is 2. The highest BCUT2D eigenvalue weighted by molar-refractivity contribution is 5.48. The van der Waals surface area contributed by atoms with E-state index in [-0.39, 0.29) is 0 Å². The van der Waals surface area contributed by atoms with Gasteiger partial charge in [-0.2, -0.15) is 0 Å². The smallest absolute Gasteiger partial charge is 0.0766 e. The van der Waals surface area contributed by atoms with Gasteiger partial charge in [-0.1, -0.05) is 56.3 Å². The molecule has 0 fully saturated rings. The second-order valence-corrected chi connectivity index (χ2v) is 4.38. The molecule has 0 aliphatic carbocycles. The molecule has 0 saturated heterocycles. The van der Waals surface area contributed by atoms with Crippen LogP contribution in [0.25, 0.3) is 6.08 Å². The topological polar surface area (TPSA) is 32.3 Å². The maximum Gasteiger partial charge on any atom is 0.0766 e. The lowest BCUT2D eigenvalue weighted by Crippen LogP contribution is -2.39. The first kappa shape index (κ1) is 13.9. The zero-order chi connectivity index (χ0) is 12.6. The monoisotopic (exact) mass is 233 g/mol. The van der Waals surface area contributed by atoms with E-state index in [1.165, 1.54) is 5.56 Å². The summed E-state index contributed by atoms with van der Waals surface area (Å²) in [5, 5.41) is 13.3. The summed E-state index contributed by atoms with van der Waals surface area (Å²) in [6, 6.07) is 10.2. The van der Waals surface area contributed by atoms with Gasteiger partial charge in [-0.3, -0.25) is 0 Å². The molecule has 1 rings (SSSR count). The molecule has 0 saturated carbocycles. The Balaban J connectivity index is 2.27. The van der Waals surface area contributed by atoms with Crippen molar-refractivity contribution in [3.8, 4) is 0 Å². The summed E-state index contributed by atoms with van der Waals surface area (Å²) in [5.41, 5.74) is 0.649. The Labute approximate surface area is 104 Å². The Hall–Kier alpha value is -1.12. The van der Waals surface area contributed by atoms with Gasteiger partial charge in [-0.15, -0.1) is 0 Å². The van der Waals surface area contributed by atoms with Gasteiger partial charge >= 0.3 is 0 Å². The molecule has 2 heteroatoms. The second kappa shape index (κ2) is 7.25. The number of benzene rings is 1. The fourth-order valence-electron chi connectivity index (χ4n) is 1.65. The third-order valence-corrected chi connectivity index (χ3v) is 3.14. The van der Waals surface area contributed by atoms with Gasteiger partial charge in [0, 0.05) is 13.1 Å². The Morgan fingerprint density at radius 3 is 2.41 bits per heavy atom. The first-order chi connectivity index (χ1) is 8.20. The minimum atomic E-state index is -0.555. The first-order valence-electron chi connectivity index (χ1n) is 6.35. The zero-order valence-corrected chi connectivity index (χ0v) is 10.8. The van der Waals surface area contributed by atoms with Gasteiger partial charge in [-0.05, 0) is 18.4 Å². The van der Waals surface area contributed by atoms with Crippen LogP contribution in [0.5, 0.6) is 0 Å². The van der Waals surface area contributed by atoms with Crippen LogP contribution < -0.4 is 5.32 Å². The molecule has 94 valence electrons. The summed E-state index contributed by atoms with van der Waals surface area (Å²) < 4.78 is 0. The molecule has 0 bridgehead atoms. The average Bonchev–Trinajstić information content (AvgIpc) is 2.39. The quantitative estimate of drug-likeness (QED) is 0.710. The van der Waals surface area contributed by atoms with E-state index >= 15 is 0 Å². The van der Waals surface area contributed by atoms with E-state index < -0.39 is 5.60 Å². The van der Waals surface area contributed by atoms with Gasteiger partial charge in [-0.25, -0.2) is 0 Å². The summed E-state index contributed by atoms with van der Waals surface area (Å²) in [6.45, 7) is 5.48. The molecule has 0 aliphatic heterocycles. The van der Waals surface area contributed by atoms with Crippen LogP contribution in [0.15, 0.2) is 36.4 Å². The van der Waals surface area contributed by atoms with Crippen LogP contribution in [0.3, 0.4) is 0 Å². The fraction of sp³-hybridized carbons (Fsp3) is 0.467. The molecule has 2 nitrogen and oxygen atoms in total. The van der Waals surface area contributed by atoms with Gasteiger partial charge in [0.2, 0.25) is 0 Å². The Morgan fingerprint density at radius 1 is 1.18 bits per heavy atom. The Morgan fingerprint density at radius 2 is 1.82 bits per heavy atom. The SMILES string of the molecule is CCC(O)(CC)CNC/C=C/c1ccccc1. The molecular weight excluding hydrogens is 210 g/mol. The van der Waals surface area contributed by atoms with E-state index in [4.69, 9.17) is 0 Å². The molecule has 0 radical (unpaired) electrons. The van der Waals surface area contributed by atoms with E-state index in [2.05, 4.69) is 29.6 Å². The summed E-state index contributed by atoms with van der Waals surface area (Å²) in [4.78, 5) is 0. The van der Waals surface area contributed by atoms with Gasteiger partial charge in [0.05, 0.1) is 5.60 Å². The van der Waals surface area contributed by atoms with Crippen LogP contribution in [0.4, 0.5) is 0 Å². The van der Waals surface area contributed by atoms with Crippen LogP contribution >= 0.6 is 0 Å². The number of hydrogen-bond donors (Lipinski definition) is 2. The molecule has 0 aromatic heterocycles. The van der Waals surface area contributed by atoms with Crippen molar-refractivity contribution >= 4 is 6.08 Å². The summed E-state index contributed by atoms with van der Waals surface area (Å²) in [7, 11) is 0. The molecule has 0 spiro atoms. The van der Waals surface area contributed by atoms with Gasteiger partial charge < -0.3 is 10.4 Å². The van der Waals surface area contributed by atoms with Crippen molar-refractivity contribution in [2.45, 2.75) is 32.3 Å². The molecule has 17 heavy (non-hydrogen) atoms. The van der Waals surface area contributed by atoms with Crippen LogP contribution in [0.1, 0.15) is 32.3 Å². The highest BCUT2D eigenvalue weighted by atomic mass is 16.3. The van der Waals surface area contributed by atoms with Crippen LogP contribution in [0.2, 0.25) is 0 Å². The van der Waals surface area contributed by atoms with E-state index in [0.29, 0.717) is 6.54 Å². The predicted octanol–water partition coefficient (Wildman–Crippen LogP) is 2.84. The lowest BCUT2D eigenvalue weighted by Gasteiger charge is -2.25. The second-order valence-electron chi connectivity index (χ2n) is 4.38. The molecule has 1 aromatic carbocycles. The fourth-order valence-corrected chi connectivity index (χ4v) is 1.65. The van der Waals surface area contributed by atoms with Gasteiger partial charge in [0.15, 0.2) is 0 Å². The minimum Gasteiger partial charge on any atom is -0.389 e. The number of rotatable bonds is 7. The lowest BCUT2D eigenvalue weighted by molar-refractivity contribution is 0.0335. The predicted molar refractivity (Wildman–Crippen MR) is 73.9 cm³/mol. The third kappa shape index (κ3) is 5.16. The molecule has 2 N–H and O–H groups in total. The average molecular weight is 233 g/mol. The summed E-state index contributed by atoms with van der Waals surface area (Å²) >= 11 is 0. The third-order valence-electron chi connectivity index (χ3n) is 3.14. The largest absolute Gasteiger partial charge is 0.389 e. The molecule has 0 aliphatic rings. The van der Waals surface area contributed by atoms with E-state index in [9.17, 15) is 5.11 Å². The zero-order valence-electron chi connectivity index (χ0n) is 10.8. The van der Waals surface area contributed by atoms with Crippen LogP contribution in [-0.2, 0) is 0 Å². The van der Waals surface area contributed by atoms with Crippen molar-refractivity contribution in [3.05, 3.63) is 42.0 Å². The van der Waals surface area contributed by atoms with Gasteiger partial charge in [0.1, 0.15) is 0 Å². The van der Waals surface area contributed by atoms with E-state index in [0.717, 1.165) is 19.4 Å². The molecule has 0 atom stereocenters. The molecule has 0 heterocycles. The van der Waals surface area contributed by atoms with Gasteiger partial charge in [0.25, 0.3) is 0 Å². The highest BCUT2D eigenvalue weighted by Gasteiger charge is 2.20. The van der Waals surface area contributed by atoms with E-state index in [1.807, 2.05) is 32.0 Å². The number of aliphatic hydroxyl groups is 1. The lowest BCUT2D eigenvalue weighted by atomic mass is 9.98. The van der Waals surface area contributed by atoms with Crippen molar-refractivity contribution in [2.24, 2.45) is 0 Å². The molecule has 1 aromatic rings.